The summed E-state index contributed by atoms with van der Waals surface area (Å²) in [6, 6.07) is 0.523. The van der Waals surface area contributed by atoms with Gasteiger partial charge < -0.3 is 9.88 Å². The van der Waals surface area contributed by atoms with E-state index in [1.54, 1.807) is 0 Å². The Hall–Kier alpha value is -0.990. The standard InChI is InChI=1S/C10H19N3/c1-5-9(4)13-7-8(3)12-10(13)11-6-2/h7,9H,5-6H2,1-4H3,(H,11,12). The molecule has 0 saturated carbocycles. The first kappa shape index (κ1) is 10.1. The lowest BCUT2D eigenvalue weighted by Crippen LogP contribution is -2.09. The number of aryl methyl sites for hydroxylation is 1. The molecule has 0 aliphatic rings. The molecule has 1 atom stereocenters. The van der Waals surface area contributed by atoms with Crippen LogP contribution in [0.3, 0.4) is 0 Å². The molecule has 0 fully saturated rings. The Morgan fingerprint density at radius 1 is 1.54 bits per heavy atom. The number of nitrogens with zero attached hydrogens (tertiary/aromatic N) is 2. The van der Waals surface area contributed by atoms with Crippen LogP contribution in [-0.4, -0.2) is 16.1 Å². The molecule has 3 nitrogen and oxygen atoms in total. The van der Waals surface area contributed by atoms with Crippen LogP contribution >= 0.6 is 0 Å². The van der Waals surface area contributed by atoms with Gasteiger partial charge in [-0.3, -0.25) is 0 Å². The summed E-state index contributed by atoms with van der Waals surface area (Å²) in [5.74, 6) is 0.995. The summed E-state index contributed by atoms with van der Waals surface area (Å²) in [6.07, 6.45) is 3.24. The third kappa shape index (κ3) is 2.23. The fraction of sp³-hybridized carbons (Fsp3) is 0.700. The van der Waals surface area contributed by atoms with E-state index in [1.165, 1.54) is 0 Å². The molecular weight excluding hydrogens is 162 g/mol. The van der Waals surface area contributed by atoms with Crippen LogP contribution in [0, 0.1) is 6.92 Å². The maximum atomic E-state index is 4.42. The van der Waals surface area contributed by atoms with Crippen LogP contribution in [0.1, 0.15) is 38.9 Å². The minimum Gasteiger partial charge on any atom is -0.356 e. The Kier molecular flexibility index (Phi) is 3.34. The van der Waals surface area contributed by atoms with Gasteiger partial charge in [-0.25, -0.2) is 4.98 Å². The van der Waals surface area contributed by atoms with Gasteiger partial charge in [0.25, 0.3) is 0 Å². The average molecular weight is 181 g/mol. The highest BCUT2D eigenvalue weighted by atomic mass is 15.2. The fourth-order valence-corrected chi connectivity index (χ4v) is 1.34. The minimum atomic E-state index is 0.523. The van der Waals surface area contributed by atoms with E-state index in [4.69, 9.17) is 0 Å². The Morgan fingerprint density at radius 3 is 2.77 bits per heavy atom. The first-order chi connectivity index (χ1) is 6.19. The molecule has 13 heavy (non-hydrogen) atoms. The van der Waals surface area contributed by atoms with Crippen LogP contribution in [0.2, 0.25) is 0 Å². The molecule has 0 amide bonds. The zero-order valence-electron chi connectivity index (χ0n) is 8.96. The van der Waals surface area contributed by atoms with Crippen molar-refractivity contribution in [1.29, 1.82) is 0 Å². The van der Waals surface area contributed by atoms with Crippen molar-refractivity contribution in [2.45, 2.75) is 40.2 Å². The molecule has 74 valence electrons. The van der Waals surface area contributed by atoms with Crippen LogP contribution in [0.15, 0.2) is 6.20 Å². The SMILES string of the molecule is CCNc1nc(C)cn1C(C)CC. The first-order valence-electron chi connectivity index (χ1n) is 4.98. The lowest BCUT2D eigenvalue weighted by molar-refractivity contribution is 0.535. The molecule has 1 rings (SSSR count). The topological polar surface area (TPSA) is 29.9 Å². The van der Waals surface area contributed by atoms with Crippen molar-refractivity contribution in [2.75, 3.05) is 11.9 Å². The maximum Gasteiger partial charge on any atom is 0.203 e. The number of imidazole rings is 1. The third-order valence-electron chi connectivity index (χ3n) is 2.25. The summed E-state index contributed by atoms with van der Waals surface area (Å²) in [4.78, 5) is 4.42. The van der Waals surface area contributed by atoms with E-state index in [-0.39, 0.29) is 0 Å². The van der Waals surface area contributed by atoms with Gasteiger partial charge in [0, 0.05) is 18.8 Å². The van der Waals surface area contributed by atoms with Crippen molar-refractivity contribution in [2.24, 2.45) is 0 Å². The minimum absolute atomic E-state index is 0.523. The Labute approximate surface area is 80.2 Å². The van der Waals surface area contributed by atoms with Crippen molar-refractivity contribution in [1.82, 2.24) is 9.55 Å². The Morgan fingerprint density at radius 2 is 2.23 bits per heavy atom. The van der Waals surface area contributed by atoms with Crippen LogP contribution < -0.4 is 5.32 Å². The van der Waals surface area contributed by atoms with Crippen LogP contribution in [0.4, 0.5) is 5.95 Å². The van der Waals surface area contributed by atoms with E-state index in [0.29, 0.717) is 6.04 Å². The van der Waals surface area contributed by atoms with Gasteiger partial charge in [0.05, 0.1) is 5.69 Å². The quantitative estimate of drug-likeness (QED) is 0.773. The van der Waals surface area contributed by atoms with Crippen molar-refractivity contribution in [3.63, 3.8) is 0 Å². The van der Waals surface area contributed by atoms with Crippen molar-refractivity contribution in [3.8, 4) is 0 Å². The number of hydrogen-bond acceptors (Lipinski definition) is 2. The molecule has 0 spiro atoms. The van der Waals surface area contributed by atoms with Gasteiger partial charge in [0.2, 0.25) is 5.95 Å². The predicted octanol–water partition coefficient (Wildman–Crippen LogP) is 2.59. The number of anilines is 1. The molecule has 1 aromatic rings. The summed E-state index contributed by atoms with van der Waals surface area (Å²) < 4.78 is 2.21. The lowest BCUT2D eigenvalue weighted by Gasteiger charge is -2.14. The Balaban J connectivity index is 2.89. The first-order valence-corrected chi connectivity index (χ1v) is 4.98. The summed E-state index contributed by atoms with van der Waals surface area (Å²) in [5.41, 5.74) is 1.08. The second kappa shape index (κ2) is 4.30. The van der Waals surface area contributed by atoms with Gasteiger partial charge in [0.1, 0.15) is 0 Å². The van der Waals surface area contributed by atoms with Gasteiger partial charge in [-0.1, -0.05) is 6.92 Å². The molecule has 0 aromatic carbocycles. The van der Waals surface area contributed by atoms with Gasteiger partial charge in [-0.2, -0.15) is 0 Å². The van der Waals surface area contributed by atoms with Gasteiger partial charge in [-0.15, -0.1) is 0 Å². The summed E-state index contributed by atoms with van der Waals surface area (Å²) in [7, 11) is 0. The molecule has 0 saturated heterocycles. The molecule has 3 heteroatoms. The largest absolute Gasteiger partial charge is 0.356 e. The number of rotatable bonds is 4. The van der Waals surface area contributed by atoms with E-state index in [0.717, 1.165) is 24.6 Å². The smallest absolute Gasteiger partial charge is 0.203 e. The lowest BCUT2D eigenvalue weighted by atomic mass is 10.2. The second-order valence-electron chi connectivity index (χ2n) is 3.40. The molecular formula is C10H19N3. The van der Waals surface area contributed by atoms with Crippen molar-refractivity contribution >= 4 is 5.95 Å². The molecule has 0 aliphatic heterocycles. The van der Waals surface area contributed by atoms with Gasteiger partial charge in [0.15, 0.2) is 0 Å². The molecule has 1 heterocycles. The molecule has 1 unspecified atom stereocenters. The summed E-state index contributed by atoms with van der Waals surface area (Å²) in [5, 5.41) is 3.26. The van der Waals surface area contributed by atoms with Gasteiger partial charge >= 0.3 is 0 Å². The third-order valence-corrected chi connectivity index (χ3v) is 2.25. The maximum absolute atomic E-state index is 4.42. The van der Waals surface area contributed by atoms with E-state index in [9.17, 15) is 0 Å². The van der Waals surface area contributed by atoms with Crippen LogP contribution in [0.5, 0.6) is 0 Å². The van der Waals surface area contributed by atoms with Crippen LogP contribution in [0.25, 0.3) is 0 Å². The normalized spacial score (nSPS) is 12.9. The molecule has 0 bridgehead atoms. The predicted molar refractivity (Wildman–Crippen MR) is 56.1 cm³/mol. The van der Waals surface area contributed by atoms with E-state index in [1.807, 2.05) is 6.92 Å². The number of aromatic nitrogens is 2. The Bertz CT molecular complexity index is 265. The van der Waals surface area contributed by atoms with Crippen molar-refractivity contribution < 1.29 is 0 Å². The van der Waals surface area contributed by atoms with E-state index in [2.05, 4.69) is 41.8 Å². The van der Waals surface area contributed by atoms with Gasteiger partial charge in [-0.05, 0) is 27.2 Å². The molecule has 0 aliphatic carbocycles. The highest BCUT2D eigenvalue weighted by Crippen LogP contribution is 2.17. The average Bonchev–Trinajstić information content (AvgIpc) is 2.46. The molecule has 1 aromatic heterocycles. The van der Waals surface area contributed by atoms with Crippen molar-refractivity contribution in [3.05, 3.63) is 11.9 Å². The second-order valence-corrected chi connectivity index (χ2v) is 3.40. The number of hydrogen-bond donors (Lipinski definition) is 1. The monoisotopic (exact) mass is 181 g/mol. The fourth-order valence-electron chi connectivity index (χ4n) is 1.34. The summed E-state index contributed by atoms with van der Waals surface area (Å²) >= 11 is 0. The number of nitrogens with one attached hydrogen (secondary N) is 1. The summed E-state index contributed by atoms with van der Waals surface area (Å²) in [6.45, 7) is 9.44. The highest BCUT2D eigenvalue weighted by molar-refractivity contribution is 5.29. The van der Waals surface area contributed by atoms with E-state index < -0.39 is 0 Å². The zero-order valence-corrected chi connectivity index (χ0v) is 8.96. The molecule has 0 radical (unpaired) electrons. The molecule has 1 N–H and O–H groups in total. The highest BCUT2D eigenvalue weighted by Gasteiger charge is 2.08. The van der Waals surface area contributed by atoms with Crippen LogP contribution in [-0.2, 0) is 0 Å². The zero-order chi connectivity index (χ0) is 9.84. The van der Waals surface area contributed by atoms with E-state index >= 15 is 0 Å².